The number of carboxylic acid groups (broad SMARTS) is 1. The number of para-hydroxylation sites is 1. The molecular formula is C46H67N13O9. The smallest absolute Gasteiger partial charge is 0.322 e. The van der Waals surface area contributed by atoms with Crippen molar-refractivity contribution in [3.63, 3.8) is 0 Å². The molecular weight excluding hydrogens is 879 g/mol. The fraction of sp³-hybridized carbons (Fsp3) is 0.500. The number of likely N-dealkylation sites (tertiary alicyclic amines) is 1. The summed E-state index contributed by atoms with van der Waals surface area (Å²) in [6.07, 6.45) is 4.13. The normalized spacial score (nSPS) is 15.5. The minimum atomic E-state index is -1.27. The van der Waals surface area contributed by atoms with Gasteiger partial charge in [-0.05, 0) is 81.0 Å². The zero-order valence-corrected chi connectivity index (χ0v) is 38.6. The van der Waals surface area contributed by atoms with Gasteiger partial charge in [0.05, 0.1) is 12.6 Å². The maximum atomic E-state index is 14.1. The van der Waals surface area contributed by atoms with E-state index >= 15 is 0 Å². The van der Waals surface area contributed by atoms with E-state index in [1.807, 2.05) is 54.6 Å². The van der Waals surface area contributed by atoms with Crippen molar-refractivity contribution in [1.82, 2.24) is 41.8 Å². The Labute approximate surface area is 394 Å². The SMILES string of the molecule is CC(C)[C@H](NC(=O)[C@@H]1CCCN1C(=O)[C@H](CCCCN)NC(=O)CNC(=O)[C@H](Cc1c[nH]c2ccccc12)NC(=O)[C@H](CCCN=C(N)N)NC(=O)[C@@H](N)Cc1ccccc1)C(=O)NCC(=O)O. The number of rotatable bonds is 27. The molecule has 22 heteroatoms. The van der Waals surface area contributed by atoms with Gasteiger partial charge in [0.2, 0.25) is 41.4 Å². The Morgan fingerprint density at radius 3 is 2.15 bits per heavy atom. The summed E-state index contributed by atoms with van der Waals surface area (Å²) in [6, 6.07) is 9.90. The number of benzene rings is 2. The molecule has 1 aromatic heterocycles. The van der Waals surface area contributed by atoms with Gasteiger partial charge in [-0.3, -0.25) is 43.3 Å². The number of nitrogens with two attached hydrogens (primary N) is 4. The molecule has 0 unspecified atom stereocenters. The number of H-pyrrole nitrogens is 1. The van der Waals surface area contributed by atoms with Crippen molar-refractivity contribution < 1.29 is 43.5 Å². The number of carbonyl (C=O) groups excluding carboxylic acids is 7. The van der Waals surface area contributed by atoms with Crippen LogP contribution in [-0.2, 0) is 51.2 Å². The molecule has 7 amide bonds. The summed E-state index contributed by atoms with van der Waals surface area (Å²) in [5, 5.41) is 25.5. The Kier molecular flexibility index (Phi) is 21.2. The Morgan fingerprint density at radius 1 is 0.779 bits per heavy atom. The van der Waals surface area contributed by atoms with Gasteiger partial charge in [0, 0.05) is 36.6 Å². The number of aliphatic imine (C=N–C) groups is 1. The number of guanidine groups is 1. The van der Waals surface area contributed by atoms with E-state index in [9.17, 15) is 38.4 Å². The lowest BCUT2D eigenvalue weighted by Gasteiger charge is -2.30. The van der Waals surface area contributed by atoms with Crippen LogP contribution in [0, 0.1) is 5.92 Å². The van der Waals surface area contributed by atoms with E-state index in [-0.39, 0.29) is 57.6 Å². The van der Waals surface area contributed by atoms with E-state index in [1.165, 1.54) is 4.90 Å². The molecule has 0 spiro atoms. The van der Waals surface area contributed by atoms with Crippen LogP contribution in [0.15, 0.2) is 65.8 Å². The molecule has 1 aliphatic rings. The molecule has 22 nitrogen and oxygen atoms in total. The summed E-state index contributed by atoms with van der Waals surface area (Å²) in [4.78, 5) is 115. The number of fused-ring (bicyclic) bond motifs is 1. The van der Waals surface area contributed by atoms with Crippen LogP contribution >= 0.6 is 0 Å². The molecule has 2 heterocycles. The second-order valence-electron chi connectivity index (χ2n) is 17.1. The average Bonchev–Trinajstić information content (AvgIpc) is 3.97. The highest BCUT2D eigenvalue weighted by Gasteiger charge is 2.39. The van der Waals surface area contributed by atoms with Crippen LogP contribution in [0.2, 0.25) is 0 Å². The van der Waals surface area contributed by atoms with E-state index in [4.69, 9.17) is 28.0 Å². The molecule has 0 aliphatic carbocycles. The van der Waals surface area contributed by atoms with Crippen molar-refractivity contribution in [2.24, 2.45) is 33.8 Å². The minimum absolute atomic E-state index is 0.0249. The molecule has 1 saturated heterocycles. The number of hydrogen-bond donors (Lipinski definition) is 12. The quantitative estimate of drug-likeness (QED) is 0.0232. The number of hydrogen-bond acceptors (Lipinski definition) is 11. The predicted molar refractivity (Wildman–Crippen MR) is 254 cm³/mol. The molecule has 370 valence electrons. The molecule has 1 aliphatic heterocycles. The summed E-state index contributed by atoms with van der Waals surface area (Å²) >= 11 is 0. The van der Waals surface area contributed by atoms with Gasteiger partial charge in [0.25, 0.3) is 0 Å². The fourth-order valence-electron chi connectivity index (χ4n) is 7.86. The van der Waals surface area contributed by atoms with Gasteiger partial charge in [0.1, 0.15) is 36.8 Å². The standard InChI is InChI=1S/C46H67N13O9/c1-27(2)39(44(67)54-26-38(61)62)58-43(66)36-18-11-21-59(36)45(68)34(16-8-9-19-47)55-37(60)25-53-41(64)35(23-29-24-52-32-15-7-6-14-30(29)32)57-42(65)33(17-10-20-51-46(49)50)56-40(63)31(48)22-28-12-4-3-5-13-28/h3-7,12-15,24,27,31,33-36,39,52H,8-11,16-23,25-26,47-48H2,1-2H3,(H,53,64)(H,54,67)(H,55,60)(H,56,63)(H,57,65)(H,58,66)(H,61,62)(H4,49,50,51)/t31-,33-,34-,35-,36-,39-/m0/s1. The molecule has 0 saturated carbocycles. The number of carbonyl (C=O) groups is 8. The van der Waals surface area contributed by atoms with Crippen LogP contribution in [0.25, 0.3) is 10.9 Å². The topological polar surface area (TPSA) is 364 Å². The van der Waals surface area contributed by atoms with Crippen LogP contribution in [0.4, 0.5) is 0 Å². The molecule has 0 radical (unpaired) electrons. The number of unbranched alkanes of at least 4 members (excludes halogenated alkanes) is 1. The maximum Gasteiger partial charge on any atom is 0.322 e. The molecule has 16 N–H and O–H groups in total. The lowest BCUT2D eigenvalue weighted by Crippen LogP contribution is -2.58. The van der Waals surface area contributed by atoms with Crippen LogP contribution in [0.3, 0.4) is 0 Å². The fourth-order valence-corrected chi connectivity index (χ4v) is 7.86. The molecule has 3 aromatic rings. The molecule has 68 heavy (non-hydrogen) atoms. The number of aliphatic carboxylic acids is 1. The maximum absolute atomic E-state index is 14.1. The Bertz CT molecular complexity index is 2230. The first kappa shape index (κ1) is 53.5. The largest absolute Gasteiger partial charge is 0.480 e. The van der Waals surface area contributed by atoms with E-state index in [2.05, 4.69) is 41.9 Å². The highest BCUT2D eigenvalue weighted by molar-refractivity contribution is 5.97. The van der Waals surface area contributed by atoms with Crippen molar-refractivity contribution in [3.8, 4) is 0 Å². The third-order valence-corrected chi connectivity index (χ3v) is 11.4. The zero-order chi connectivity index (χ0) is 49.8. The molecule has 2 aromatic carbocycles. The van der Waals surface area contributed by atoms with Crippen LogP contribution in [0.1, 0.15) is 69.9 Å². The first-order valence-corrected chi connectivity index (χ1v) is 22.9. The number of aromatic nitrogens is 1. The second-order valence-corrected chi connectivity index (χ2v) is 17.1. The summed E-state index contributed by atoms with van der Waals surface area (Å²) in [7, 11) is 0. The second kappa shape index (κ2) is 26.9. The van der Waals surface area contributed by atoms with Crippen LogP contribution < -0.4 is 54.8 Å². The third-order valence-electron chi connectivity index (χ3n) is 11.4. The Balaban J connectivity index is 1.50. The molecule has 1 fully saturated rings. The number of amides is 7. The Hall–Kier alpha value is -7.07. The van der Waals surface area contributed by atoms with E-state index in [0.717, 1.165) is 16.5 Å². The third kappa shape index (κ3) is 16.7. The first-order valence-electron chi connectivity index (χ1n) is 22.9. The first-order chi connectivity index (χ1) is 32.5. The summed E-state index contributed by atoms with van der Waals surface area (Å²) in [6.45, 7) is 2.81. The summed E-state index contributed by atoms with van der Waals surface area (Å²) < 4.78 is 0. The van der Waals surface area contributed by atoms with E-state index in [0.29, 0.717) is 31.4 Å². The molecule has 4 rings (SSSR count). The van der Waals surface area contributed by atoms with Gasteiger partial charge in [0.15, 0.2) is 5.96 Å². The number of nitrogens with one attached hydrogen (secondary N) is 7. The highest BCUT2D eigenvalue weighted by atomic mass is 16.4. The van der Waals surface area contributed by atoms with Crippen molar-refractivity contribution in [2.75, 3.05) is 32.7 Å². The monoisotopic (exact) mass is 946 g/mol. The van der Waals surface area contributed by atoms with Crippen LogP contribution in [0.5, 0.6) is 0 Å². The Morgan fingerprint density at radius 2 is 1.46 bits per heavy atom. The number of aromatic amines is 1. The summed E-state index contributed by atoms with van der Waals surface area (Å²) in [5.41, 5.74) is 25.3. The van der Waals surface area contributed by atoms with Gasteiger partial charge in [-0.2, -0.15) is 0 Å². The summed E-state index contributed by atoms with van der Waals surface area (Å²) in [5.74, 6) is -6.40. The highest BCUT2D eigenvalue weighted by Crippen LogP contribution is 2.22. The zero-order valence-electron chi connectivity index (χ0n) is 38.6. The average molecular weight is 946 g/mol. The molecule has 0 bridgehead atoms. The number of nitrogens with zero attached hydrogens (tertiary/aromatic N) is 2. The predicted octanol–water partition coefficient (Wildman–Crippen LogP) is -1.63. The molecule has 6 atom stereocenters. The van der Waals surface area contributed by atoms with E-state index < -0.39 is 103 Å². The minimum Gasteiger partial charge on any atom is -0.480 e. The lowest BCUT2D eigenvalue weighted by atomic mass is 10.0. The van der Waals surface area contributed by atoms with Gasteiger partial charge in [-0.25, -0.2) is 0 Å². The lowest BCUT2D eigenvalue weighted by molar-refractivity contribution is -0.142. The van der Waals surface area contributed by atoms with E-state index in [1.54, 1.807) is 20.0 Å². The van der Waals surface area contributed by atoms with Crippen molar-refractivity contribution in [3.05, 3.63) is 71.9 Å². The van der Waals surface area contributed by atoms with Crippen LogP contribution in [-0.4, -0.2) is 137 Å². The van der Waals surface area contributed by atoms with Gasteiger partial charge < -0.3 is 69.8 Å². The van der Waals surface area contributed by atoms with Gasteiger partial charge >= 0.3 is 5.97 Å². The van der Waals surface area contributed by atoms with Crippen molar-refractivity contribution >= 4 is 64.2 Å². The van der Waals surface area contributed by atoms with Crippen molar-refractivity contribution in [2.45, 2.75) is 108 Å². The van der Waals surface area contributed by atoms with Crippen molar-refractivity contribution in [1.29, 1.82) is 0 Å². The van der Waals surface area contributed by atoms with Gasteiger partial charge in [-0.15, -0.1) is 0 Å². The number of carboxylic acids is 1. The van der Waals surface area contributed by atoms with Gasteiger partial charge in [-0.1, -0.05) is 62.4 Å².